The van der Waals surface area contributed by atoms with E-state index in [0.717, 1.165) is 21.5 Å². The Kier molecular flexibility index (Phi) is 4.08. The predicted molar refractivity (Wildman–Crippen MR) is 95.8 cm³/mol. The maximum Gasteiger partial charge on any atom is 0.190 e. The lowest BCUT2D eigenvalue weighted by Gasteiger charge is -2.26. The number of hydrogen-bond acceptors (Lipinski definition) is 3. The Bertz CT molecular complexity index is 707. The monoisotopic (exact) mass is 377 g/mol. The first-order valence-corrected chi connectivity index (χ1v) is 8.02. The summed E-state index contributed by atoms with van der Waals surface area (Å²) in [5, 5.41) is 5.85. The molecule has 1 saturated heterocycles. The van der Waals surface area contributed by atoms with Crippen LogP contribution in [0.25, 0.3) is 0 Å². The van der Waals surface area contributed by atoms with Crippen molar-refractivity contribution in [1.29, 1.82) is 0 Å². The quantitative estimate of drug-likeness (QED) is 0.800. The van der Waals surface area contributed by atoms with Gasteiger partial charge in [0.2, 0.25) is 0 Å². The molecule has 1 aliphatic heterocycles. The van der Waals surface area contributed by atoms with Crippen LogP contribution < -0.4 is 20.5 Å². The summed E-state index contributed by atoms with van der Waals surface area (Å²) in [7, 11) is 1.65. The highest BCUT2D eigenvalue weighted by Gasteiger charge is 2.38. The molecule has 0 radical (unpaired) electrons. The summed E-state index contributed by atoms with van der Waals surface area (Å²) >= 11 is 8.98. The lowest BCUT2D eigenvalue weighted by atomic mass is 10.0. The summed E-state index contributed by atoms with van der Waals surface area (Å²) in [6, 6.07) is 15.9. The second-order valence-electron chi connectivity index (χ2n) is 5.21. The molecule has 0 aliphatic carbocycles. The summed E-state index contributed by atoms with van der Waals surface area (Å²) in [4.78, 5) is 0. The lowest BCUT2D eigenvalue weighted by Crippen LogP contribution is -2.45. The van der Waals surface area contributed by atoms with Crippen LogP contribution in [0.15, 0.2) is 53.0 Å². The van der Waals surface area contributed by atoms with E-state index in [1.165, 1.54) is 0 Å². The van der Waals surface area contributed by atoms with Gasteiger partial charge in [0.25, 0.3) is 0 Å². The molecule has 3 rings (SSSR count). The Hall–Kier alpha value is -1.63. The van der Waals surface area contributed by atoms with Crippen LogP contribution in [0.5, 0.6) is 5.75 Å². The van der Waals surface area contributed by atoms with Crippen LogP contribution >= 0.6 is 28.1 Å². The number of nitrogens with zero attached hydrogens (tertiary/aromatic N) is 1. The summed E-state index contributed by atoms with van der Waals surface area (Å²) in [6.45, 7) is 2.06. The van der Waals surface area contributed by atoms with E-state index in [1.54, 1.807) is 7.11 Å². The van der Waals surface area contributed by atoms with Gasteiger partial charge in [-0.25, -0.2) is 5.01 Å². The van der Waals surface area contributed by atoms with E-state index in [1.807, 2.05) is 41.4 Å². The van der Waals surface area contributed by atoms with Crippen molar-refractivity contribution < 1.29 is 4.74 Å². The zero-order chi connectivity index (χ0) is 15.7. The fraction of sp³-hybridized carbons (Fsp3) is 0.188. The largest absolute Gasteiger partial charge is 0.497 e. The fourth-order valence-corrected chi connectivity index (χ4v) is 3.18. The molecule has 2 N–H and O–H groups in total. The van der Waals surface area contributed by atoms with Crippen molar-refractivity contribution in [3.05, 3.63) is 58.6 Å². The van der Waals surface area contributed by atoms with Crippen molar-refractivity contribution in [2.75, 3.05) is 12.1 Å². The van der Waals surface area contributed by atoms with Crippen molar-refractivity contribution in [1.82, 2.24) is 10.7 Å². The van der Waals surface area contributed by atoms with Crippen molar-refractivity contribution in [3.8, 4) is 5.75 Å². The third-order valence-corrected chi connectivity index (χ3v) is 4.41. The Morgan fingerprint density at radius 1 is 1.18 bits per heavy atom. The standard InChI is InChI=1S/C16H16BrN3OS/c1-16(11-4-3-5-12(17)10-11)18-15(22)20(19-16)13-6-8-14(21-2)9-7-13/h3-10,19H,1-2H3,(H,18,22)/t16-/m1/s1. The van der Waals surface area contributed by atoms with Crippen LogP contribution in [0.3, 0.4) is 0 Å². The molecule has 1 fully saturated rings. The molecule has 22 heavy (non-hydrogen) atoms. The molecule has 2 aromatic carbocycles. The number of ether oxygens (including phenoxy) is 1. The molecule has 6 heteroatoms. The zero-order valence-electron chi connectivity index (χ0n) is 12.3. The maximum absolute atomic E-state index is 5.47. The van der Waals surface area contributed by atoms with Crippen LogP contribution in [0, 0.1) is 0 Å². The van der Waals surface area contributed by atoms with Gasteiger partial charge in [0.1, 0.15) is 11.4 Å². The molecule has 1 heterocycles. The number of anilines is 1. The molecule has 2 aromatic rings. The van der Waals surface area contributed by atoms with Crippen LogP contribution in [0.1, 0.15) is 12.5 Å². The molecular formula is C16H16BrN3OS. The second kappa shape index (κ2) is 5.87. The van der Waals surface area contributed by atoms with Gasteiger partial charge >= 0.3 is 0 Å². The van der Waals surface area contributed by atoms with E-state index in [2.05, 4.69) is 45.7 Å². The summed E-state index contributed by atoms with van der Waals surface area (Å²) in [5.74, 6) is 0.816. The Morgan fingerprint density at radius 3 is 2.55 bits per heavy atom. The van der Waals surface area contributed by atoms with Gasteiger partial charge in [0.05, 0.1) is 12.8 Å². The molecule has 0 unspecified atom stereocenters. The molecule has 0 amide bonds. The summed E-state index contributed by atoms with van der Waals surface area (Å²) in [6.07, 6.45) is 0. The van der Waals surface area contributed by atoms with Gasteiger partial charge in [0.15, 0.2) is 5.11 Å². The van der Waals surface area contributed by atoms with Gasteiger partial charge in [-0.2, -0.15) is 5.43 Å². The topological polar surface area (TPSA) is 36.5 Å². The number of hydrazine groups is 1. The first-order valence-electron chi connectivity index (χ1n) is 6.82. The molecule has 1 aliphatic rings. The third-order valence-electron chi connectivity index (χ3n) is 3.63. The molecule has 1 atom stereocenters. The van der Waals surface area contributed by atoms with Crippen LogP contribution in [-0.2, 0) is 5.66 Å². The van der Waals surface area contributed by atoms with Gasteiger partial charge in [-0.05, 0) is 61.1 Å². The molecule has 0 saturated carbocycles. The van der Waals surface area contributed by atoms with Gasteiger partial charge < -0.3 is 10.1 Å². The number of methoxy groups -OCH3 is 1. The third kappa shape index (κ3) is 2.82. The maximum atomic E-state index is 5.47. The van der Waals surface area contributed by atoms with Crippen molar-refractivity contribution in [2.24, 2.45) is 0 Å². The van der Waals surface area contributed by atoms with Crippen LogP contribution in [-0.4, -0.2) is 12.2 Å². The van der Waals surface area contributed by atoms with Gasteiger partial charge in [-0.1, -0.05) is 28.1 Å². The van der Waals surface area contributed by atoms with E-state index in [0.29, 0.717) is 5.11 Å². The van der Waals surface area contributed by atoms with E-state index in [4.69, 9.17) is 17.0 Å². The minimum Gasteiger partial charge on any atom is -0.497 e. The van der Waals surface area contributed by atoms with Crippen LogP contribution in [0.4, 0.5) is 5.69 Å². The number of benzene rings is 2. The molecular weight excluding hydrogens is 362 g/mol. The molecule has 0 spiro atoms. The highest BCUT2D eigenvalue weighted by Crippen LogP contribution is 2.28. The fourth-order valence-electron chi connectivity index (χ4n) is 2.42. The van der Waals surface area contributed by atoms with Crippen molar-refractivity contribution >= 4 is 38.9 Å². The Morgan fingerprint density at radius 2 is 1.91 bits per heavy atom. The molecule has 114 valence electrons. The van der Waals surface area contributed by atoms with Crippen molar-refractivity contribution in [3.63, 3.8) is 0 Å². The number of hydrogen-bond donors (Lipinski definition) is 2. The zero-order valence-corrected chi connectivity index (χ0v) is 14.7. The Labute approximate surface area is 143 Å². The van der Waals surface area contributed by atoms with Crippen LogP contribution in [0.2, 0.25) is 0 Å². The summed E-state index contributed by atoms with van der Waals surface area (Å²) in [5.41, 5.74) is 5.03. The predicted octanol–water partition coefficient (Wildman–Crippen LogP) is 3.53. The van der Waals surface area contributed by atoms with E-state index in [-0.39, 0.29) is 0 Å². The molecule has 0 bridgehead atoms. The average Bonchev–Trinajstić information content (AvgIpc) is 2.84. The molecule has 0 aromatic heterocycles. The number of nitrogens with one attached hydrogen (secondary N) is 2. The number of halogens is 1. The van der Waals surface area contributed by atoms with E-state index < -0.39 is 5.66 Å². The Balaban J connectivity index is 1.88. The highest BCUT2D eigenvalue weighted by atomic mass is 79.9. The summed E-state index contributed by atoms with van der Waals surface area (Å²) < 4.78 is 6.22. The minimum atomic E-state index is -0.458. The minimum absolute atomic E-state index is 0.458. The van der Waals surface area contributed by atoms with Gasteiger partial charge in [0, 0.05) is 4.47 Å². The lowest BCUT2D eigenvalue weighted by molar-refractivity contribution is 0.389. The van der Waals surface area contributed by atoms with Gasteiger partial charge in [-0.3, -0.25) is 0 Å². The normalized spacial score (nSPS) is 20.9. The van der Waals surface area contributed by atoms with E-state index >= 15 is 0 Å². The highest BCUT2D eigenvalue weighted by molar-refractivity contribution is 9.10. The number of thiocarbonyl (C=S) groups is 1. The average molecular weight is 378 g/mol. The van der Waals surface area contributed by atoms with Gasteiger partial charge in [-0.15, -0.1) is 0 Å². The smallest absolute Gasteiger partial charge is 0.190 e. The van der Waals surface area contributed by atoms with Crippen molar-refractivity contribution in [2.45, 2.75) is 12.6 Å². The van der Waals surface area contributed by atoms with E-state index in [9.17, 15) is 0 Å². The first-order chi connectivity index (χ1) is 10.5. The first kappa shape index (κ1) is 15.3. The SMILES string of the molecule is COc1ccc(N2N[C@](C)(c3cccc(Br)c3)NC2=S)cc1. The molecule has 4 nitrogen and oxygen atoms in total. The number of rotatable bonds is 3. The second-order valence-corrected chi connectivity index (χ2v) is 6.51.